The lowest BCUT2D eigenvalue weighted by atomic mass is 9.77. The maximum Gasteiger partial charge on any atom is 0.412 e. The predicted molar refractivity (Wildman–Crippen MR) is 146 cm³/mol. The Morgan fingerprint density at radius 2 is 1.78 bits per heavy atom. The van der Waals surface area contributed by atoms with Gasteiger partial charge in [0.25, 0.3) is 0 Å². The number of methoxy groups -OCH3 is 1. The summed E-state index contributed by atoms with van der Waals surface area (Å²) in [6.07, 6.45) is 6.21. The first-order valence-corrected chi connectivity index (χ1v) is 13.6. The lowest BCUT2D eigenvalue weighted by Gasteiger charge is -2.28. The molecule has 2 aromatic carbocycles. The summed E-state index contributed by atoms with van der Waals surface area (Å²) < 4.78 is 15.2. The number of hydrogen-bond acceptors (Lipinski definition) is 6. The summed E-state index contributed by atoms with van der Waals surface area (Å²) in [5.74, 6) is 0.336. The number of anilines is 1. The molecule has 0 saturated heterocycles. The van der Waals surface area contributed by atoms with Crippen LogP contribution in [0.3, 0.4) is 0 Å². The van der Waals surface area contributed by atoms with E-state index in [0.29, 0.717) is 11.6 Å². The molecule has 1 amide bonds. The molecule has 1 heterocycles. The summed E-state index contributed by atoms with van der Waals surface area (Å²) >= 11 is 1.36. The van der Waals surface area contributed by atoms with Gasteiger partial charge in [0, 0.05) is 0 Å². The smallest absolute Gasteiger partial charge is 0.412 e. The molecular weight excluding hydrogens is 484 g/mol. The molecule has 1 N–H and O–H groups in total. The average Bonchev–Trinajstić information content (AvgIpc) is 3.67. The van der Waals surface area contributed by atoms with Crippen LogP contribution in [-0.2, 0) is 14.3 Å². The van der Waals surface area contributed by atoms with Gasteiger partial charge < -0.3 is 9.47 Å². The van der Waals surface area contributed by atoms with Gasteiger partial charge in [-0.15, -0.1) is 0 Å². The Morgan fingerprint density at radius 1 is 1.08 bits per heavy atom. The second-order valence-electron chi connectivity index (χ2n) is 9.98. The van der Waals surface area contributed by atoms with E-state index in [-0.39, 0.29) is 17.5 Å². The first kappa shape index (κ1) is 25.2. The number of carbonyl (C=O) groups is 2. The molecule has 2 aliphatic carbocycles. The second kappa shape index (κ2) is 10.5. The molecule has 2 aliphatic rings. The van der Waals surface area contributed by atoms with Crippen molar-refractivity contribution >= 4 is 34.9 Å². The fourth-order valence-electron chi connectivity index (χ4n) is 5.35. The van der Waals surface area contributed by atoms with Gasteiger partial charge in [-0.2, -0.15) is 4.37 Å². The molecule has 0 bridgehead atoms. The fourth-order valence-corrected chi connectivity index (χ4v) is 6.20. The second-order valence-corrected chi connectivity index (χ2v) is 10.8. The van der Waals surface area contributed by atoms with Gasteiger partial charge in [-0.3, -0.25) is 10.1 Å². The van der Waals surface area contributed by atoms with Crippen LogP contribution in [0.2, 0.25) is 0 Å². The monoisotopic (exact) mass is 516 g/mol. The van der Waals surface area contributed by atoms with Crippen molar-refractivity contribution < 1.29 is 19.1 Å². The van der Waals surface area contributed by atoms with Gasteiger partial charge in [-0.05, 0) is 85.7 Å². The minimum atomic E-state index is -0.500. The molecular formula is C30H32N2O4S. The van der Waals surface area contributed by atoms with Crippen LogP contribution in [-0.4, -0.2) is 23.5 Å². The summed E-state index contributed by atoms with van der Waals surface area (Å²) in [5.41, 5.74) is 5.65. The van der Waals surface area contributed by atoms with Gasteiger partial charge in [-0.1, -0.05) is 60.7 Å². The molecule has 0 spiro atoms. The summed E-state index contributed by atoms with van der Waals surface area (Å²) in [7, 11) is 1.49. The van der Waals surface area contributed by atoms with Crippen molar-refractivity contribution in [3.63, 3.8) is 0 Å². The Kier molecular flexibility index (Phi) is 7.15. The standard InChI is InChI=1S/C30H32N2O4S/c1-19-26(31-29(34)36-20(2)21-7-5-4-6-8-21)27(37-32-19)24-11-9-22(10-12-24)23-13-15-25(16-14-23)30(17-18-30)28(33)35-3/h4-13,20,25H,14-18H2,1-3H3,(H,31,34). The van der Waals surface area contributed by atoms with Gasteiger partial charge in [0.2, 0.25) is 0 Å². The zero-order valence-electron chi connectivity index (χ0n) is 21.5. The molecule has 0 aliphatic heterocycles. The van der Waals surface area contributed by atoms with Crippen LogP contribution in [0.15, 0.2) is 60.7 Å². The molecule has 0 radical (unpaired) electrons. The lowest BCUT2D eigenvalue weighted by Crippen LogP contribution is -2.28. The third-order valence-electron chi connectivity index (χ3n) is 7.73. The zero-order valence-corrected chi connectivity index (χ0v) is 22.3. The molecule has 1 aromatic heterocycles. The summed E-state index contributed by atoms with van der Waals surface area (Å²) in [6, 6.07) is 18.1. The normalized spacial score (nSPS) is 18.9. The quantitative estimate of drug-likeness (QED) is 0.328. The van der Waals surface area contributed by atoms with E-state index in [9.17, 15) is 9.59 Å². The number of ether oxygens (including phenoxy) is 2. The zero-order chi connectivity index (χ0) is 26.0. The number of nitrogens with zero attached hydrogens (tertiary/aromatic N) is 1. The van der Waals surface area contributed by atoms with Crippen molar-refractivity contribution in [1.29, 1.82) is 0 Å². The maximum absolute atomic E-state index is 12.7. The van der Waals surface area contributed by atoms with Crippen LogP contribution in [0, 0.1) is 18.3 Å². The molecule has 2 unspecified atom stereocenters. The molecule has 6 nitrogen and oxygen atoms in total. The van der Waals surface area contributed by atoms with Crippen molar-refractivity contribution in [3.05, 3.63) is 77.5 Å². The molecule has 7 heteroatoms. The SMILES string of the molecule is COC(=O)C1(C2CC=C(c3ccc(-c4snc(C)c4NC(=O)OC(C)c4ccccc4)cc3)CC2)CC1. The van der Waals surface area contributed by atoms with Crippen molar-refractivity contribution in [2.75, 3.05) is 12.4 Å². The highest BCUT2D eigenvalue weighted by molar-refractivity contribution is 7.10. The van der Waals surface area contributed by atoms with E-state index in [1.165, 1.54) is 29.8 Å². The number of esters is 1. The third kappa shape index (κ3) is 5.18. The molecule has 5 rings (SSSR count). The minimum Gasteiger partial charge on any atom is -0.469 e. The number of rotatable bonds is 7. The molecule has 192 valence electrons. The van der Waals surface area contributed by atoms with Gasteiger partial charge in [0.15, 0.2) is 0 Å². The van der Waals surface area contributed by atoms with Crippen LogP contribution >= 0.6 is 11.5 Å². The Balaban J connectivity index is 1.25. The van der Waals surface area contributed by atoms with E-state index in [1.807, 2.05) is 44.2 Å². The van der Waals surface area contributed by atoms with E-state index in [2.05, 4.69) is 40.0 Å². The van der Waals surface area contributed by atoms with E-state index < -0.39 is 6.09 Å². The van der Waals surface area contributed by atoms with Gasteiger partial charge in [0.1, 0.15) is 6.10 Å². The van der Waals surface area contributed by atoms with Gasteiger partial charge >= 0.3 is 12.1 Å². The van der Waals surface area contributed by atoms with E-state index in [4.69, 9.17) is 9.47 Å². The van der Waals surface area contributed by atoms with Crippen LogP contribution in [0.5, 0.6) is 0 Å². The van der Waals surface area contributed by atoms with Crippen molar-refractivity contribution in [1.82, 2.24) is 4.37 Å². The maximum atomic E-state index is 12.7. The van der Waals surface area contributed by atoms with Crippen LogP contribution in [0.25, 0.3) is 16.0 Å². The van der Waals surface area contributed by atoms with Gasteiger partial charge in [0.05, 0.1) is 28.8 Å². The number of benzene rings is 2. The topological polar surface area (TPSA) is 77.5 Å². The fraction of sp³-hybridized carbons (Fsp3) is 0.367. The Morgan fingerprint density at radius 3 is 2.41 bits per heavy atom. The highest BCUT2D eigenvalue weighted by Gasteiger charge is 2.56. The molecule has 2 atom stereocenters. The number of aryl methyl sites for hydroxylation is 1. The number of amides is 1. The van der Waals surface area contributed by atoms with Crippen molar-refractivity contribution in [3.8, 4) is 10.4 Å². The van der Waals surface area contributed by atoms with Crippen molar-refractivity contribution in [2.45, 2.75) is 52.1 Å². The van der Waals surface area contributed by atoms with E-state index in [1.54, 1.807) is 0 Å². The first-order chi connectivity index (χ1) is 17.9. The lowest BCUT2D eigenvalue weighted by molar-refractivity contribution is -0.149. The van der Waals surface area contributed by atoms with Crippen molar-refractivity contribution in [2.24, 2.45) is 11.3 Å². The molecule has 1 fully saturated rings. The Bertz CT molecular complexity index is 1310. The number of hydrogen-bond donors (Lipinski definition) is 1. The van der Waals surface area contributed by atoms with E-state index in [0.717, 1.165) is 53.8 Å². The average molecular weight is 517 g/mol. The first-order valence-electron chi connectivity index (χ1n) is 12.8. The number of nitrogens with one attached hydrogen (secondary N) is 1. The Hall–Kier alpha value is -3.45. The summed E-state index contributed by atoms with van der Waals surface area (Å²) in [5, 5.41) is 2.91. The largest absolute Gasteiger partial charge is 0.469 e. The summed E-state index contributed by atoms with van der Waals surface area (Å²) in [6.45, 7) is 3.74. The van der Waals surface area contributed by atoms with Crippen LogP contribution < -0.4 is 5.32 Å². The molecule has 37 heavy (non-hydrogen) atoms. The van der Waals surface area contributed by atoms with Crippen LogP contribution in [0.4, 0.5) is 10.5 Å². The Labute approximate surface area is 221 Å². The minimum absolute atomic E-state index is 0.0404. The summed E-state index contributed by atoms with van der Waals surface area (Å²) in [4.78, 5) is 25.8. The van der Waals surface area contributed by atoms with E-state index >= 15 is 0 Å². The number of carbonyl (C=O) groups excluding carboxylic acids is 2. The molecule has 1 saturated carbocycles. The number of allylic oxidation sites excluding steroid dienone is 2. The highest BCUT2D eigenvalue weighted by Crippen LogP contribution is 2.57. The third-order valence-corrected chi connectivity index (χ3v) is 8.72. The number of aromatic nitrogens is 1. The highest BCUT2D eigenvalue weighted by atomic mass is 32.1. The predicted octanol–water partition coefficient (Wildman–Crippen LogP) is 7.56. The van der Waals surface area contributed by atoms with Gasteiger partial charge in [-0.25, -0.2) is 4.79 Å². The van der Waals surface area contributed by atoms with Crippen LogP contribution in [0.1, 0.15) is 62.0 Å². The molecule has 3 aromatic rings.